The number of hydrogen-bond donors (Lipinski definition) is 0. The van der Waals surface area contributed by atoms with Gasteiger partial charge in [-0.1, -0.05) is 15.9 Å². The Balaban J connectivity index is 1.54. The van der Waals surface area contributed by atoms with E-state index in [0.717, 1.165) is 4.47 Å². The molecule has 0 aliphatic carbocycles. The Morgan fingerprint density at radius 1 is 1.07 bits per heavy atom. The van der Waals surface area contributed by atoms with Gasteiger partial charge in [0, 0.05) is 36.0 Å². The number of benzene rings is 2. The molecule has 2 aromatic rings. The minimum Gasteiger partial charge on any atom is -0.493 e. The normalized spacial score (nSPS) is 17.5. The van der Waals surface area contributed by atoms with E-state index in [1.807, 2.05) is 29.2 Å². The standard InChI is InChI=1S/C22H22BrNO5/c1-27-18-8-7-16-17(25)13-22(29-19(16)20(18)28-2)9-11-24(12-10-22)21(26)14-3-5-15(23)6-4-14/h3-8H,9-13H2,1-2H3. The van der Waals surface area contributed by atoms with Crippen LogP contribution in [0.1, 0.15) is 40.0 Å². The maximum absolute atomic E-state index is 12.8. The summed E-state index contributed by atoms with van der Waals surface area (Å²) in [6.45, 7) is 1.06. The highest BCUT2D eigenvalue weighted by atomic mass is 79.9. The Morgan fingerprint density at radius 2 is 1.76 bits per heavy atom. The van der Waals surface area contributed by atoms with Gasteiger partial charge in [-0.15, -0.1) is 0 Å². The largest absolute Gasteiger partial charge is 0.493 e. The van der Waals surface area contributed by atoms with Crippen LogP contribution < -0.4 is 14.2 Å². The molecule has 2 aliphatic heterocycles. The van der Waals surface area contributed by atoms with Crippen molar-refractivity contribution < 1.29 is 23.8 Å². The summed E-state index contributed by atoms with van der Waals surface area (Å²) in [5.41, 5.74) is 0.545. The number of carbonyl (C=O) groups excluding carboxylic acids is 2. The zero-order valence-corrected chi connectivity index (χ0v) is 18.0. The number of methoxy groups -OCH3 is 2. The fraction of sp³-hybridized carbons (Fsp3) is 0.364. The number of likely N-dealkylation sites (tertiary alicyclic amines) is 1. The maximum atomic E-state index is 12.8. The Morgan fingerprint density at radius 3 is 2.38 bits per heavy atom. The Labute approximate surface area is 177 Å². The van der Waals surface area contributed by atoms with E-state index in [2.05, 4.69) is 15.9 Å². The lowest BCUT2D eigenvalue weighted by Crippen LogP contribution is -2.52. The van der Waals surface area contributed by atoms with Gasteiger partial charge >= 0.3 is 0 Å². The van der Waals surface area contributed by atoms with Gasteiger partial charge in [-0.3, -0.25) is 9.59 Å². The molecule has 0 radical (unpaired) electrons. The van der Waals surface area contributed by atoms with Crippen LogP contribution in [-0.2, 0) is 0 Å². The molecule has 4 rings (SSSR count). The van der Waals surface area contributed by atoms with E-state index in [1.165, 1.54) is 7.11 Å². The Bertz CT molecular complexity index is 948. The van der Waals surface area contributed by atoms with Crippen LogP contribution in [0.25, 0.3) is 0 Å². The summed E-state index contributed by atoms with van der Waals surface area (Å²) in [4.78, 5) is 27.4. The smallest absolute Gasteiger partial charge is 0.253 e. The fourth-order valence-corrected chi connectivity index (χ4v) is 4.30. The predicted molar refractivity (Wildman–Crippen MR) is 111 cm³/mol. The molecule has 1 fully saturated rings. The molecule has 0 aromatic heterocycles. The number of amides is 1. The quantitative estimate of drug-likeness (QED) is 0.690. The molecule has 1 amide bonds. The van der Waals surface area contributed by atoms with Crippen LogP contribution in [0.3, 0.4) is 0 Å². The lowest BCUT2D eigenvalue weighted by atomic mass is 9.82. The van der Waals surface area contributed by atoms with Crippen LogP contribution in [0.15, 0.2) is 40.9 Å². The number of Topliss-reactive ketones (excluding diaryl/α,β-unsaturated/α-hetero) is 1. The van der Waals surface area contributed by atoms with E-state index in [0.29, 0.717) is 60.7 Å². The summed E-state index contributed by atoms with van der Waals surface area (Å²) >= 11 is 3.39. The second-order valence-electron chi connectivity index (χ2n) is 7.36. The van der Waals surface area contributed by atoms with Gasteiger partial charge in [0.2, 0.25) is 5.75 Å². The number of piperidine rings is 1. The van der Waals surface area contributed by atoms with Crippen LogP contribution in [0.5, 0.6) is 17.2 Å². The van der Waals surface area contributed by atoms with Crippen molar-refractivity contribution in [3.63, 3.8) is 0 Å². The van der Waals surface area contributed by atoms with Crippen molar-refractivity contribution in [2.45, 2.75) is 24.9 Å². The van der Waals surface area contributed by atoms with Gasteiger partial charge in [-0.05, 0) is 36.4 Å². The maximum Gasteiger partial charge on any atom is 0.253 e. The highest BCUT2D eigenvalue weighted by molar-refractivity contribution is 9.10. The van der Waals surface area contributed by atoms with Gasteiger partial charge in [0.25, 0.3) is 5.91 Å². The third-order valence-corrected chi connectivity index (χ3v) is 6.18. The van der Waals surface area contributed by atoms with Gasteiger partial charge in [0.15, 0.2) is 17.3 Å². The van der Waals surface area contributed by atoms with E-state index in [4.69, 9.17) is 14.2 Å². The first-order valence-corrected chi connectivity index (χ1v) is 10.3. The van der Waals surface area contributed by atoms with Crippen LogP contribution >= 0.6 is 15.9 Å². The summed E-state index contributed by atoms with van der Waals surface area (Å²) in [6.07, 6.45) is 1.47. The first-order chi connectivity index (χ1) is 14.0. The number of ketones is 1. The minimum atomic E-state index is -0.625. The average Bonchev–Trinajstić information content (AvgIpc) is 2.73. The average molecular weight is 460 g/mol. The lowest BCUT2D eigenvalue weighted by molar-refractivity contribution is -0.00745. The number of fused-ring (bicyclic) bond motifs is 1. The molecule has 1 spiro atoms. The minimum absolute atomic E-state index is 0.00543. The van der Waals surface area contributed by atoms with Gasteiger partial charge in [-0.25, -0.2) is 0 Å². The number of carbonyl (C=O) groups is 2. The van der Waals surface area contributed by atoms with Gasteiger partial charge in [-0.2, -0.15) is 0 Å². The summed E-state index contributed by atoms with van der Waals surface area (Å²) in [7, 11) is 3.09. The molecule has 0 N–H and O–H groups in total. The van der Waals surface area contributed by atoms with Crippen molar-refractivity contribution in [3.8, 4) is 17.2 Å². The molecule has 0 saturated carbocycles. The van der Waals surface area contributed by atoms with Crippen molar-refractivity contribution in [2.75, 3.05) is 27.3 Å². The molecule has 7 heteroatoms. The number of rotatable bonds is 3. The molecule has 2 heterocycles. The molecule has 2 aliphatic rings. The first-order valence-electron chi connectivity index (χ1n) is 9.48. The van der Waals surface area contributed by atoms with E-state index in [-0.39, 0.29) is 11.7 Å². The highest BCUT2D eigenvalue weighted by Gasteiger charge is 2.45. The number of nitrogens with zero attached hydrogens (tertiary/aromatic N) is 1. The van der Waals surface area contributed by atoms with Gasteiger partial charge < -0.3 is 19.1 Å². The van der Waals surface area contributed by atoms with Crippen molar-refractivity contribution >= 4 is 27.6 Å². The Kier molecular flexibility index (Phi) is 5.25. The SMILES string of the molecule is COc1ccc2c(c1OC)OC1(CCN(C(=O)c3ccc(Br)cc3)CC1)CC2=O. The second kappa shape index (κ2) is 7.71. The zero-order chi connectivity index (χ0) is 20.6. The second-order valence-corrected chi connectivity index (χ2v) is 8.28. The zero-order valence-electron chi connectivity index (χ0n) is 16.4. The molecular formula is C22H22BrNO5. The summed E-state index contributed by atoms with van der Waals surface area (Å²) in [6, 6.07) is 10.8. The number of halogens is 1. The summed E-state index contributed by atoms with van der Waals surface area (Å²) in [5, 5.41) is 0. The summed E-state index contributed by atoms with van der Waals surface area (Å²) < 4.78 is 18.1. The molecular weight excluding hydrogens is 438 g/mol. The van der Waals surface area contributed by atoms with Crippen LogP contribution in [0, 0.1) is 0 Å². The molecule has 0 atom stereocenters. The fourth-order valence-electron chi connectivity index (χ4n) is 4.03. The van der Waals surface area contributed by atoms with Crippen LogP contribution in [0.4, 0.5) is 0 Å². The van der Waals surface area contributed by atoms with Crippen molar-refractivity contribution in [1.82, 2.24) is 4.90 Å². The molecule has 152 valence electrons. The molecule has 0 unspecified atom stereocenters. The molecule has 0 bridgehead atoms. The molecule has 6 nitrogen and oxygen atoms in total. The first kappa shape index (κ1) is 19.8. The molecule has 1 saturated heterocycles. The molecule has 29 heavy (non-hydrogen) atoms. The van der Waals surface area contributed by atoms with Gasteiger partial charge in [0.1, 0.15) is 5.60 Å². The van der Waals surface area contributed by atoms with E-state index in [1.54, 1.807) is 19.2 Å². The number of ether oxygens (including phenoxy) is 3. The molecule has 2 aromatic carbocycles. The topological polar surface area (TPSA) is 65.1 Å². The lowest BCUT2D eigenvalue weighted by Gasteiger charge is -2.44. The van der Waals surface area contributed by atoms with Gasteiger partial charge in [0.05, 0.1) is 26.2 Å². The van der Waals surface area contributed by atoms with Crippen LogP contribution in [0.2, 0.25) is 0 Å². The third-order valence-electron chi connectivity index (χ3n) is 5.65. The van der Waals surface area contributed by atoms with Crippen molar-refractivity contribution in [2.24, 2.45) is 0 Å². The van der Waals surface area contributed by atoms with Crippen molar-refractivity contribution in [3.05, 3.63) is 52.0 Å². The van der Waals surface area contributed by atoms with E-state index >= 15 is 0 Å². The van der Waals surface area contributed by atoms with E-state index < -0.39 is 5.60 Å². The van der Waals surface area contributed by atoms with Crippen LogP contribution in [-0.4, -0.2) is 49.5 Å². The third kappa shape index (κ3) is 3.59. The predicted octanol–water partition coefficient (Wildman–Crippen LogP) is 4.11. The monoisotopic (exact) mass is 459 g/mol. The van der Waals surface area contributed by atoms with Crippen molar-refractivity contribution in [1.29, 1.82) is 0 Å². The Hall–Kier alpha value is -2.54. The summed E-state index contributed by atoms with van der Waals surface area (Å²) in [5.74, 6) is 1.43. The highest BCUT2D eigenvalue weighted by Crippen LogP contribution is 2.47. The van der Waals surface area contributed by atoms with E-state index in [9.17, 15) is 9.59 Å². The number of hydrogen-bond acceptors (Lipinski definition) is 5.